The Morgan fingerprint density at radius 3 is 2.46 bits per heavy atom. The highest BCUT2D eigenvalue weighted by Gasteiger charge is 2.44. The molecule has 1 aromatic rings. The summed E-state index contributed by atoms with van der Waals surface area (Å²) in [7, 11) is 0. The molecule has 140 valence electrons. The molecule has 1 aliphatic carbocycles. The van der Waals surface area contributed by atoms with Gasteiger partial charge in [0.15, 0.2) is 0 Å². The average molecular weight is 358 g/mol. The van der Waals surface area contributed by atoms with Gasteiger partial charge in [0.25, 0.3) is 0 Å². The van der Waals surface area contributed by atoms with Gasteiger partial charge >= 0.3 is 12.0 Å². The van der Waals surface area contributed by atoms with Gasteiger partial charge in [-0.1, -0.05) is 49.6 Å². The van der Waals surface area contributed by atoms with Gasteiger partial charge in [-0.2, -0.15) is 0 Å². The highest BCUT2D eigenvalue weighted by molar-refractivity contribution is 5.97. The molecule has 0 aromatic heterocycles. The smallest absolute Gasteiger partial charge is 0.332 e. The molecule has 26 heavy (non-hydrogen) atoms. The van der Waals surface area contributed by atoms with Crippen molar-refractivity contribution >= 4 is 17.9 Å². The molecule has 0 unspecified atom stereocenters. The minimum absolute atomic E-state index is 0.169. The van der Waals surface area contributed by atoms with Crippen LogP contribution in [0.15, 0.2) is 30.3 Å². The maximum Gasteiger partial charge on any atom is 0.332 e. The number of esters is 1. The molecule has 0 atom stereocenters. The Labute approximate surface area is 153 Å². The van der Waals surface area contributed by atoms with Crippen molar-refractivity contribution in [3.05, 3.63) is 35.9 Å². The second-order valence-electron chi connectivity index (χ2n) is 7.14. The average Bonchev–Trinajstić information content (AvgIpc) is 2.68. The topological polar surface area (TPSA) is 75.7 Å². The third kappa shape index (κ3) is 4.23. The van der Waals surface area contributed by atoms with Crippen molar-refractivity contribution in [2.24, 2.45) is 0 Å². The van der Waals surface area contributed by atoms with Gasteiger partial charge in [0, 0.05) is 13.0 Å². The second kappa shape index (κ2) is 8.34. The Bertz CT molecular complexity index is 653. The van der Waals surface area contributed by atoms with Crippen LogP contribution in [0.4, 0.5) is 4.79 Å². The predicted octanol–water partition coefficient (Wildman–Crippen LogP) is 3.15. The quantitative estimate of drug-likeness (QED) is 0.839. The first-order valence-corrected chi connectivity index (χ1v) is 9.44. The van der Waals surface area contributed by atoms with Crippen LogP contribution in [-0.2, 0) is 20.9 Å². The van der Waals surface area contributed by atoms with Gasteiger partial charge in [-0.05, 0) is 31.2 Å². The van der Waals surface area contributed by atoms with E-state index in [9.17, 15) is 14.4 Å². The number of carbonyl (C=O) groups excluding carboxylic acids is 3. The number of benzene rings is 1. The number of hydrogen-bond donors (Lipinski definition) is 1. The van der Waals surface area contributed by atoms with E-state index in [0.29, 0.717) is 25.8 Å². The summed E-state index contributed by atoms with van der Waals surface area (Å²) in [5, 5.41) is 2.86. The van der Waals surface area contributed by atoms with Crippen LogP contribution in [0.2, 0.25) is 0 Å². The summed E-state index contributed by atoms with van der Waals surface area (Å²) >= 11 is 0. The number of urea groups is 1. The maximum atomic E-state index is 12.9. The monoisotopic (exact) mass is 358 g/mol. The zero-order chi connectivity index (χ0) is 18.4. The van der Waals surface area contributed by atoms with Gasteiger partial charge < -0.3 is 10.1 Å². The number of nitrogens with zero attached hydrogens (tertiary/aromatic N) is 1. The first-order chi connectivity index (χ1) is 12.6. The van der Waals surface area contributed by atoms with Crippen LogP contribution in [-0.4, -0.2) is 34.9 Å². The first kappa shape index (κ1) is 18.4. The lowest BCUT2D eigenvalue weighted by atomic mass is 9.81. The van der Waals surface area contributed by atoms with Gasteiger partial charge in [0.1, 0.15) is 12.1 Å². The third-order valence-corrected chi connectivity index (χ3v) is 5.23. The Hall–Kier alpha value is -2.37. The molecule has 2 fully saturated rings. The van der Waals surface area contributed by atoms with Crippen molar-refractivity contribution in [3.63, 3.8) is 0 Å². The Kier molecular flexibility index (Phi) is 5.91. The van der Waals surface area contributed by atoms with Crippen LogP contribution in [0.5, 0.6) is 0 Å². The fraction of sp³-hybridized carbons (Fsp3) is 0.550. The van der Waals surface area contributed by atoms with Crippen LogP contribution in [0.1, 0.15) is 56.9 Å². The molecule has 6 nitrogen and oxygen atoms in total. The van der Waals surface area contributed by atoms with Crippen molar-refractivity contribution in [3.8, 4) is 0 Å². The van der Waals surface area contributed by atoms with E-state index in [2.05, 4.69) is 5.32 Å². The van der Waals surface area contributed by atoms with Crippen LogP contribution in [0, 0.1) is 0 Å². The molecule has 0 bridgehead atoms. The van der Waals surface area contributed by atoms with Gasteiger partial charge in [-0.25, -0.2) is 9.59 Å². The van der Waals surface area contributed by atoms with Gasteiger partial charge in [0.05, 0.1) is 0 Å². The number of likely N-dealkylation sites (tertiary alicyclic amines) is 1. The molecular formula is C20H26N2O4. The molecule has 1 aliphatic heterocycles. The molecule has 1 N–H and O–H groups in total. The molecule has 3 amide bonds. The number of ether oxygens (including phenoxy) is 1. The molecule has 1 heterocycles. The zero-order valence-electron chi connectivity index (χ0n) is 15.0. The fourth-order valence-corrected chi connectivity index (χ4v) is 3.69. The summed E-state index contributed by atoms with van der Waals surface area (Å²) in [5.41, 5.74) is -0.119. The van der Waals surface area contributed by atoms with Crippen molar-refractivity contribution in [2.75, 3.05) is 6.54 Å². The van der Waals surface area contributed by atoms with E-state index in [1.807, 2.05) is 30.3 Å². The molecule has 1 saturated carbocycles. The second-order valence-corrected chi connectivity index (χ2v) is 7.14. The summed E-state index contributed by atoms with van der Waals surface area (Å²) in [6.45, 7) is 0.597. The predicted molar refractivity (Wildman–Crippen MR) is 96.1 cm³/mol. The van der Waals surface area contributed by atoms with Crippen molar-refractivity contribution in [1.29, 1.82) is 0 Å². The summed E-state index contributed by atoms with van der Waals surface area (Å²) in [4.78, 5) is 38.8. The number of rotatable bonds is 4. The van der Waals surface area contributed by atoms with Crippen molar-refractivity contribution in [1.82, 2.24) is 10.2 Å². The Morgan fingerprint density at radius 1 is 1.04 bits per heavy atom. The molecule has 3 rings (SSSR count). The lowest BCUT2D eigenvalue weighted by molar-refractivity contribution is -0.154. The summed E-state index contributed by atoms with van der Waals surface area (Å²) in [6.07, 6.45) is 5.86. The number of piperidine rings is 1. The van der Waals surface area contributed by atoms with E-state index in [-0.39, 0.29) is 12.5 Å². The molecule has 1 saturated heterocycles. The number of nitrogens with one attached hydrogen (secondary N) is 1. The molecular weight excluding hydrogens is 332 g/mol. The summed E-state index contributed by atoms with van der Waals surface area (Å²) < 4.78 is 5.53. The molecule has 0 radical (unpaired) electrons. The molecule has 0 spiro atoms. The van der Waals surface area contributed by atoms with Crippen LogP contribution >= 0.6 is 0 Å². The largest absolute Gasteiger partial charge is 0.459 e. The number of hydrogen-bond acceptors (Lipinski definition) is 4. The zero-order valence-corrected chi connectivity index (χ0v) is 15.0. The van der Waals surface area contributed by atoms with Gasteiger partial charge in [-0.3, -0.25) is 9.69 Å². The number of imide groups is 1. The van der Waals surface area contributed by atoms with Crippen LogP contribution in [0.25, 0.3) is 0 Å². The minimum atomic E-state index is -1.03. The minimum Gasteiger partial charge on any atom is -0.459 e. The number of carbonyl (C=O) groups is 3. The normalized spacial score (nSPS) is 19.7. The van der Waals surface area contributed by atoms with E-state index in [1.165, 1.54) is 4.90 Å². The fourth-order valence-electron chi connectivity index (χ4n) is 3.69. The highest BCUT2D eigenvalue weighted by atomic mass is 16.5. The van der Waals surface area contributed by atoms with Gasteiger partial charge in [0.2, 0.25) is 5.91 Å². The highest BCUT2D eigenvalue weighted by Crippen LogP contribution is 2.30. The Balaban J connectivity index is 1.68. The SMILES string of the molecule is O=C1CCCCN1C(=O)NC1(C(=O)OCc2ccccc2)CCCCC1. The lowest BCUT2D eigenvalue weighted by Crippen LogP contribution is -2.60. The Morgan fingerprint density at radius 2 is 1.77 bits per heavy atom. The molecule has 6 heteroatoms. The van der Waals surface area contributed by atoms with Crippen molar-refractivity contribution < 1.29 is 19.1 Å². The third-order valence-electron chi connectivity index (χ3n) is 5.23. The standard InChI is InChI=1S/C20H26N2O4/c23-17-11-5-8-14-22(17)19(25)21-20(12-6-2-7-13-20)18(24)26-15-16-9-3-1-4-10-16/h1,3-4,9-10H,2,5-8,11-15H2,(H,21,25). The van der Waals surface area contributed by atoms with Crippen LogP contribution < -0.4 is 5.32 Å². The van der Waals surface area contributed by atoms with E-state index in [0.717, 1.165) is 37.7 Å². The van der Waals surface area contributed by atoms with E-state index >= 15 is 0 Å². The van der Waals surface area contributed by atoms with E-state index < -0.39 is 17.5 Å². The van der Waals surface area contributed by atoms with E-state index in [4.69, 9.17) is 4.74 Å². The van der Waals surface area contributed by atoms with E-state index in [1.54, 1.807) is 0 Å². The van der Waals surface area contributed by atoms with Crippen LogP contribution in [0.3, 0.4) is 0 Å². The van der Waals surface area contributed by atoms with Gasteiger partial charge in [-0.15, -0.1) is 0 Å². The number of amides is 3. The first-order valence-electron chi connectivity index (χ1n) is 9.44. The maximum absolute atomic E-state index is 12.9. The summed E-state index contributed by atoms with van der Waals surface area (Å²) in [5.74, 6) is -0.573. The molecule has 2 aliphatic rings. The molecule has 1 aromatic carbocycles. The lowest BCUT2D eigenvalue weighted by Gasteiger charge is -2.37. The summed E-state index contributed by atoms with van der Waals surface area (Å²) in [6, 6.07) is 9.02. The van der Waals surface area contributed by atoms with Crippen molar-refractivity contribution in [2.45, 2.75) is 63.5 Å².